The van der Waals surface area contributed by atoms with E-state index in [1.54, 1.807) is 14.6 Å². The molecule has 0 aliphatic rings. The first-order valence-corrected chi connectivity index (χ1v) is 3.76. The van der Waals surface area contributed by atoms with E-state index in [2.05, 4.69) is 0 Å². The zero-order valence-electron chi connectivity index (χ0n) is 7.22. The quantitative estimate of drug-likeness (QED) is 0.541. The summed E-state index contributed by atoms with van der Waals surface area (Å²) in [6.45, 7) is 8.02. The third-order valence-electron chi connectivity index (χ3n) is 0.995. The van der Waals surface area contributed by atoms with Crippen molar-refractivity contribution in [3.8, 4) is 0 Å². The van der Waals surface area contributed by atoms with Gasteiger partial charge < -0.3 is 4.79 Å². The smallest absolute Gasteiger partial charge is 0.190 e. The molecule has 0 N–H and O–H groups in total. The molecule has 0 aromatic heterocycles. The van der Waals surface area contributed by atoms with E-state index in [-0.39, 0.29) is 5.58 Å². The molecule has 3 heteroatoms. The van der Waals surface area contributed by atoms with Gasteiger partial charge in [0.15, 0.2) is 14.6 Å². The molecule has 0 unspecified atom stereocenters. The predicted octanol–water partition coefficient (Wildman–Crippen LogP) is 2.17. The zero-order chi connectivity index (χ0) is 8.15. The summed E-state index contributed by atoms with van der Waals surface area (Å²) in [4.78, 5) is 11.0. The Morgan fingerprint density at radius 1 is 1.00 bits per heavy atom. The number of carbonyl (C=O) groups excluding carboxylic acids is 1. The lowest BCUT2D eigenvalue weighted by atomic mass is 9.45. The molecule has 0 atom stereocenters. The maximum Gasteiger partial charge on any atom is 0.190 e. The summed E-state index contributed by atoms with van der Waals surface area (Å²) in [5.74, 6) is 0.727. The second kappa shape index (κ2) is 4.59. The Hall–Kier alpha value is -0.200. The van der Waals surface area contributed by atoms with E-state index in [0.717, 1.165) is 0 Å². The third kappa shape index (κ3) is 5.93. The van der Waals surface area contributed by atoms with Gasteiger partial charge in [0, 0.05) is 5.58 Å². The fraction of sp³-hybridized carbons (Fsp3) is 0.857. The molecule has 0 rings (SSSR count). The number of carbonyl (C=O) groups is 1. The first kappa shape index (κ1) is 9.80. The van der Waals surface area contributed by atoms with Crippen molar-refractivity contribution in [1.29, 1.82) is 0 Å². The summed E-state index contributed by atoms with van der Waals surface area (Å²) >= 11 is 0. The van der Waals surface area contributed by atoms with Crippen LogP contribution in [-0.4, -0.2) is 20.1 Å². The molecule has 1 nitrogen and oxygen atoms in total. The van der Waals surface area contributed by atoms with Crippen molar-refractivity contribution in [3.63, 3.8) is 0 Å². The van der Waals surface area contributed by atoms with Crippen molar-refractivity contribution in [2.24, 2.45) is 0 Å². The van der Waals surface area contributed by atoms with Gasteiger partial charge in [-0.15, -0.1) is 0 Å². The first-order valence-electron chi connectivity index (χ1n) is 3.76. The molecule has 0 fully saturated rings. The molecule has 0 heterocycles. The standard InChI is InChI=1S/C7H14B2O/c1-5(2)8-7(10)9-6(3)4/h5-6H,1-4H3. The van der Waals surface area contributed by atoms with Crippen molar-refractivity contribution in [1.82, 2.24) is 0 Å². The minimum Gasteiger partial charge on any atom is -0.323 e. The molecule has 0 aromatic carbocycles. The second-order valence-electron chi connectivity index (χ2n) is 3.22. The highest BCUT2D eigenvalue weighted by atomic mass is 16.1. The van der Waals surface area contributed by atoms with Gasteiger partial charge in [-0.25, -0.2) is 0 Å². The molecule has 0 saturated heterocycles. The molecule has 0 amide bonds. The van der Waals surface area contributed by atoms with Gasteiger partial charge in [0.05, 0.1) is 0 Å². The summed E-state index contributed by atoms with van der Waals surface area (Å²) in [6, 6.07) is 0. The van der Waals surface area contributed by atoms with Gasteiger partial charge in [-0.1, -0.05) is 39.3 Å². The van der Waals surface area contributed by atoms with Crippen LogP contribution in [0, 0.1) is 0 Å². The van der Waals surface area contributed by atoms with Crippen molar-refractivity contribution in [2.45, 2.75) is 39.3 Å². The van der Waals surface area contributed by atoms with E-state index >= 15 is 0 Å². The lowest BCUT2D eigenvalue weighted by molar-refractivity contribution is 0.273. The van der Waals surface area contributed by atoms with Crippen molar-refractivity contribution in [3.05, 3.63) is 0 Å². The largest absolute Gasteiger partial charge is 0.323 e. The van der Waals surface area contributed by atoms with E-state index in [1.165, 1.54) is 0 Å². The molecular weight excluding hydrogens is 122 g/mol. The highest BCUT2D eigenvalue weighted by molar-refractivity contribution is 7.04. The van der Waals surface area contributed by atoms with Crippen LogP contribution >= 0.6 is 0 Å². The molecule has 0 saturated carbocycles. The average molecular weight is 136 g/mol. The van der Waals surface area contributed by atoms with Gasteiger partial charge in [-0.3, -0.25) is 0 Å². The molecule has 0 spiro atoms. The lowest BCUT2D eigenvalue weighted by Crippen LogP contribution is -2.19. The SMILES string of the molecule is CC(C)[B]C(=O)[B]C(C)C. The normalized spacial score (nSPS) is 10.2. The molecule has 54 valence electrons. The van der Waals surface area contributed by atoms with E-state index in [0.29, 0.717) is 11.6 Å². The van der Waals surface area contributed by atoms with E-state index < -0.39 is 0 Å². The zero-order valence-corrected chi connectivity index (χ0v) is 7.22. The lowest BCUT2D eigenvalue weighted by Gasteiger charge is -2.02. The monoisotopic (exact) mass is 136 g/mol. The Labute approximate surface area is 65.1 Å². The van der Waals surface area contributed by atoms with Crippen LogP contribution in [0.5, 0.6) is 0 Å². The fourth-order valence-electron chi connectivity index (χ4n) is 0.713. The summed E-state index contributed by atoms with van der Waals surface area (Å²) in [6.07, 6.45) is 0. The minimum atomic E-state index is 0.157. The van der Waals surface area contributed by atoms with Gasteiger partial charge in [-0.05, 0) is 0 Å². The first-order chi connectivity index (χ1) is 4.52. The van der Waals surface area contributed by atoms with Gasteiger partial charge in [-0.2, -0.15) is 0 Å². The Morgan fingerprint density at radius 3 is 1.50 bits per heavy atom. The second-order valence-corrected chi connectivity index (χ2v) is 3.22. The number of rotatable bonds is 4. The van der Waals surface area contributed by atoms with Gasteiger partial charge in [0.1, 0.15) is 0 Å². The summed E-state index contributed by atoms with van der Waals surface area (Å²) in [7, 11) is 3.47. The Morgan fingerprint density at radius 2 is 1.30 bits per heavy atom. The van der Waals surface area contributed by atoms with E-state index in [4.69, 9.17) is 0 Å². The summed E-state index contributed by atoms with van der Waals surface area (Å²) in [5.41, 5.74) is 0.157. The predicted molar refractivity (Wildman–Crippen MR) is 47.1 cm³/mol. The Balaban J connectivity index is 3.44. The molecule has 2 radical (unpaired) electrons. The number of hydrogen-bond donors (Lipinski definition) is 0. The van der Waals surface area contributed by atoms with Crippen LogP contribution in [-0.2, 0) is 0 Å². The van der Waals surface area contributed by atoms with Gasteiger partial charge in [0.25, 0.3) is 0 Å². The van der Waals surface area contributed by atoms with Crippen LogP contribution in [0.2, 0.25) is 11.6 Å². The van der Waals surface area contributed by atoms with Crippen LogP contribution in [0.3, 0.4) is 0 Å². The van der Waals surface area contributed by atoms with Crippen molar-refractivity contribution < 1.29 is 4.79 Å². The van der Waals surface area contributed by atoms with Crippen LogP contribution in [0.4, 0.5) is 4.79 Å². The molecule has 0 aromatic rings. The number of hydrogen-bond acceptors (Lipinski definition) is 1. The van der Waals surface area contributed by atoms with Crippen LogP contribution in [0.25, 0.3) is 0 Å². The third-order valence-corrected chi connectivity index (χ3v) is 0.995. The summed E-state index contributed by atoms with van der Waals surface area (Å²) < 4.78 is 0. The average Bonchev–Trinajstić information content (AvgIpc) is 1.58. The van der Waals surface area contributed by atoms with Crippen molar-refractivity contribution in [2.75, 3.05) is 0 Å². The molecule has 10 heavy (non-hydrogen) atoms. The fourth-order valence-corrected chi connectivity index (χ4v) is 0.713. The van der Waals surface area contributed by atoms with Crippen LogP contribution < -0.4 is 0 Å². The summed E-state index contributed by atoms with van der Waals surface area (Å²) in [5, 5.41) is 0. The van der Waals surface area contributed by atoms with E-state index in [9.17, 15) is 4.79 Å². The van der Waals surface area contributed by atoms with Crippen LogP contribution in [0.1, 0.15) is 27.7 Å². The molecule has 0 aliphatic heterocycles. The van der Waals surface area contributed by atoms with Gasteiger partial charge in [0.2, 0.25) is 0 Å². The topological polar surface area (TPSA) is 17.1 Å². The highest BCUT2D eigenvalue weighted by Crippen LogP contribution is 2.02. The molecule has 0 bridgehead atoms. The Bertz CT molecular complexity index is 98.2. The Kier molecular flexibility index (Phi) is 4.50. The molecule has 0 aliphatic carbocycles. The highest BCUT2D eigenvalue weighted by Gasteiger charge is 2.09. The maximum absolute atomic E-state index is 11.0. The van der Waals surface area contributed by atoms with Crippen LogP contribution in [0.15, 0.2) is 0 Å². The maximum atomic E-state index is 11.0. The van der Waals surface area contributed by atoms with E-state index in [1.807, 2.05) is 27.7 Å². The van der Waals surface area contributed by atoms with Gasteiger partial charge >= 0.3 is 0 Å². The van der Waals surface area contributed by atoms with Crippen molar-refractivity contribution >= 4 is 20.1 Å². The molecular formula is C7H14B2O. The minimum absolute atomic E-state index is 0.157.